The Bertz CT molecular complexity index is 1490. The van der Waals surface area contributed by atoms with Gasteiger partial charge in [0.05, 0.1) is 16.3 Å². The van der Waals surface area contributed by atoms with Crippen LogP contribution < -0.4 is 5.32 Å². The molecule has 0 aliphatic carbocycles. The van der Waals surface area contributed by atoms with Crippen molar-refractivity contribution >= 4 is 37.6 Å². The molecule has 12 heteroatoms. The minimum absolute atomic E-state index is 0.0349. The average molecular weight is 594 g/mol. The monoisotopic (exact) mass is 593 g/mol. The van der Waals surface area contributed by atoms with Gasteiger partial charge in [0, 0.05) is 31.2 Å². The summed E-state index contributed by atoms with van der Waals surface area (Å²) >= 11 is 5.90. The van der Waals surface area contributed by atoms with Crippen LogP contribution in [0.1, 0.15) is 30.4 Å². The van der Waals surface area contributed by atoms with E-state index in [0.29, 0.717) is 29.2 Å². The van der Waals surface area contributed by atoms with Gasteiger partial charge in [-0.15, -0.1) is 0 Å². The molecular weight excluding hydrogens is 565 g/mol. The fourth-order valence-electron chi connectivity index (χ4n) is 4.23. The van der Waals surface area contributed by atoms with Crippen LogP contribution in [0.2, 0.25) is 5.02 Å². The standard InChI is InChI=1S/C27H29ClFN3O5S2/c28-23-8-14-26(15-9-23)39(36,37)32(19-22-4-10-24(29)11-5-22)20-27(33)30-18-21-6-12-25(13-7-21)38(34,35)31-16-2-1-3-17-31/h4-15H,1-3,16-20H2,(H,30,33). The van der Waals surface area contributed by atoms with Gasteiger partial charge in [-0.3, -0.25) is 4.79 Å². The number of nitrogens with zero attached hydrogens (tertiary/aromatic N) is 2. The Labute approximate surface area is 233 Å². The van der Waals surface area contributed by atoms with E-state index in [-0.39, 0.29) is 22.9 Å². The van der Waals surface area contributed by atoms with E-state index in [1.54, 1.807) is 12.1 Å². The number of sulfonamides is 2. The highest BCUT2D eigenvalue weighted by Gasteiger charge is 2.28. The molecule has 0 aromatic heterocycles. The number of rotatable bonds is 10. The highest BCUT2D eigenvalue weighted by Crippen LogP contribution is 2.22. The molecule has 8 nitrogen and oxygen atoms in total. The van der Waals surface area contributed by atoms with E-state index in [1.165, 1.54) is 65.0 Å². The summed E-state index contributed by atoms with van der Waals surface area (Å²) in [5.41, 5.74) is 1.17. The minimum Gasteiger partial charge on any atom is -0.351 e. The van der Waals surface area contributed by atoms with Crippen molar-refractivity contribution in [1.29, 1.82) is 0 Å². The molecule has 1 amide bonds. The molecule has 3 aromatic carbocycles. The smallest absolute Gasteiger partial charge is 0.243 e. The van der Waals surface area contributed by atoms with E-state index in [4.69, 9.17) is 11.6 Å². The molecule has 1 aliphatic heterocycles. The van der Waals surface area contributed by atoms with Crippen molar-refractivity contribution in [2.45, 2.75) is 42.1 Å². The van der Waals surface area contributed by atoms with Crippen LogP contribution in [0.3, 0.4) is 0 Å². The summed E-state index contributed by atoms with van der Waals surface area (Å²) in [4.78, 5) is 13.0. The van der Waals surface area contributed by atoms with Gasteiger partial charge in [0.2, 0.25) is 26.0 Å². The van der Waals surface area contributed by atoms with Crippen LogP contribution in [0.5, 0.6) is 0 Å². The number of nitrogens with one attached hydrogen (secondary N) is 1. The van der Waals surface area contributed by atoms with Gasteiger partial charge in [-0.05, 0) is 72.5 Å². The van der Waals surface area contributed by atoms with Gasteiger partial charge in [0.1, 0.15) is 5.82 Å². The first-order valence-corrected chi connectivity index (χ1v) is 15.7. The van der Waals surface area contributed by atoms with Gasteiger partial charge >= 0.3 is 0 Å². The Morgan fingerprint density at radius 1 is 0.821 bits per heavy atom. The topological polar surface area (TPSA) is 104 Å². The third kappa shape index (κ3) is 7.43. The number of halogens is 2. The highest BCUT2D eigenvalue weighted by molar-refractivity contribution is 7.89. The zero-order valence-corrected chi connectivity index (χ0v) is 23.5. The van der Waals surface area contributed by atoms with Crippen LogP contribution in [0, 0.1) is 5.82 Å². The normalized spacial score (nSPS) is 14.8. The van der Waals surface area contributed by atoms with Gasteiger partial charge in [0.25, 0.3) is 0 Å². The zero-order valence-electron chi connectivity index (χ0n) is 21.1. The largest absolute Gasteiger partial charge is 0.351 e. The number of hydrogen-bond acceptors (Lipinski definition) is 5. The Morgan fingerprint density at radius 2 is 1.38 bits per heavy atom. The molecule has 1 saturated heterocycles. The molecule has 0 saturated carbocycles. The number of piperidine rings is 1. The van der Waals surface area contributed by atoms with E-state index < -0.39 is 38.3 Å². The van der Waals surface area contributed by atoms with Gasteiger partial charge in [-0.2, -0.15) is 8.61 Å². The molecule has 1 aliphatic rings. The molecule has 1 fully saturated rings. The molecule has 208 valence electrons. The quantitative estimate of drug-likeness (QED) is 0.380. The molecule has 39 heavy (non-hydrogen) atoms. The molecule has 4 rings (SSSR count). The Morgan fingerprint density at radius 3 is 2.00 bits per heavy atom. The van der Waals surface area contributed by atoms with E-state index >= 15 is 0 Å². The lowest BCUT2D eigenvalue weighted by molar-refractivity contribution is -0.121. The number of amides is 1. The molecule has 0 spiro atoms. The number of benzene rings is 3. The van der Waals surface area contributed by atoms with Crippen LogP contribution in [-0.2, 0) is 37.9 Å². The number of carbonyl (C=O) groups is 1. The lowest BCUT2D eigenvalue weighted by Crippen LogP contribution is -2.40. The van der Waals surface area contributed by atoms with E-state index in [0.717, 1.165) is 23.6 Å². The molecule has 0 unspecified atom stereocenters. The molecule has 0 bridgehead atoms. The first-order valence-electron chi connectivity index (χ1n) is 12.4. The van der Waals surface area contributed by atoms with Crippen LogP contribution in [0.25, 0.3) is 0 Å². The number of carbonyl (C=O) groups excluding carboxylic acids is 1. The summed E-state index contributed by atoms with van der Waals surface area (Å²) in [6, 6.07) is 17.2. The zero-order chi connectivity index (χ0) is 28.0. The lowest BCUT2D eigenvalue weighted by Gasteiger charge is -2.25. The van der Waals surface area contributed by atoms with Crippen LogP contribution in [0.15, 0.2) is 82.6 Å². The average Bonchev–Trinajstić information content (AvgIpc) is 2.93. The molecule has 0 atom stereocenters. The van der Waals surface area contributed by atoms with Gasteiger partial charge in [0.15, 0.2) is 0 Å². The Kier molecular flexibility index (Phi) is 9.39. The minimum atomic E-state index is -4.09. The van der Waals surface area contributed by atoms with Gasteiger partial charge < -0.3 is 5.32 Å². The highest BCUT2D eigenvalue weighted by atomic mass is 35.5. The maximum absolute atomic E-state index is 13.4. The van der Waals surface area contributed by atoms with Crippen LogP contribution >= 0.6 is 11.6 Å². The molecule has 3 aromatic rings. The molecule has 1 heterocycles. The van der Waals surface area contributed by atoms with Crippen molar-refractivity contribution < 1.29 is 26.0 Å². The van der Waals surface area contributed by atoms with Crippen molar-refractivity contribution in [2.75, 3.05) is 19.6 Å². The molecule has 1 N–H and O–H groups in total. The Balaban J connectivity index is 1.44. The second kappa shape index (κ2) is 12.6. The van der Waals surface area contributed by atoms with Crippen molar-refractivity contribution in [3.63, 3.8) is 0 Å². The Hall–Kier alpha value is -2.83. The molecule has 0 radical (unpaired) electrons. The summed E-state index contributed by atoms with van der Waals surface area (Å²) in [6.45, 7) is 0.459. The summed E-state index contributed by atoms with van der Waals surface area (Å²) in [6.07, 6.45) is 2.71. The first-order chi connectivity index (χ1) is 18.6. The maximum Gasteiger partial charge on any atom is 0.243 e. The summed E-state index contributed by atoms with van der Waals surface area (Å²) in [7, 11) is -7.65. The predicted molar refractivity (Wildman–Crippen MR) is 146 cm³/mol. The maximum atomic E-state index is 13.4. The fraction of sp³-hybridized carbons (Fsp3) is 0.296. The predicted octanol–water partition coefficient (Wildman–Crippen LogP) is 4.16. The van der Waals surface area contributed by atoms with Gasteiger partial charge in [-0.25, -0.2) is 21.2 Å². The van der Waals surface area contributed by atoms with Crippen LogP contribution in [0.4, 0.5) is 4.39 Å². The van der Waals surface area contributed by atoms with E-state index in [9.17, 15) is 26.0 Å². The van der Waals surface area contributed by atoms with Crippen molar-refractivity contribution in [2.24, 2.45) is 0 Å². The third-order valence-corrected chi connectivity index (χ3v) is 10.4. The third-order valence-electron chi connectivity index (χ3n) is 6.41. The first kappa shape index (κ1) is 29.2. The second-order valence-electron chi connectivity index (χ2n) is 9.24. The summed E-state index contributed by atoms with van der Waals surface area (Å²) in [5.74, 6) is -1.02. The fourth-order valence-corrected chi connectivity index (χ4v) is 7.25. The van der Waals surface area contributed by atoms with Crippen molar-refractivity contribution in [1.82, 2.24) is 13.9 Å². The van der Waals surface area contributed by atoms with Crippen LogP contribution in [-0.4, -0.2) is 51.0 Å². The second-order valence-corrected chi connectivity index (χ2v) is 13.6. The van der Waals surface area contributed by atoms with Crippen molar-refractivity contribution in [3.05, 3.63) is 94.8 Å². The van der Waals surface area contributed by atoms with E-state index in [2.05, 4.69) is 5.32 Å². The van der Waals surface area contributed by atoms with Gasteiger partial charge in [-0.1, -0.05) is 42.3 Å². The van der Waals surface area contributed by atoms with E-state index in [1.807, 2.05) is 0 Å². The SMILES string of the molecule is O=C(CN(Cc1ccc(F)cc1)S(=O)(=O)c1ccc(Cl)cc1)NCc1ccc(S(=O)(=O)N2CCCCC2)cc1. The molecular formula is C27H29ClFN3O5S2. The lowest BCUT2D eigenvalue weighted by atomic mass is 10.2. The summed E-state index contributed by atoms with van der Waals surface area (Å²) < 4.78 is 68.3. The van der Waals surface area contributed by atoms with Crippen molar-refractivity contribution in [3.8, 4) is 0 Å². The number of hydrogen-bond donors (Lipinski definition) is 1. The summed E-state index contributed by atoms with van der Waals surface area (Å²) in [5, 5.41) is 3.06.